The third-order valence-corrected chi connectivity index (χ3v) is 6.06. The minimum atomic E-state index is 0.0167. The minimum Gasteiger partial charge on any atom is -0.353 e. The molecule has 170 valence electrons. The van der Waals surface area contributed by atoms with Gasteiger partial charge in [0, 0.05) is 55.8 Å². The van der Waals surface area contributed by atoms with Gasteiger partial charge in [-0.15, -0.1) is 0 Å². The number of hydrogen-bond acceptors (Lipinski definition) is 4. The number of aryl methyl sites for hydroxylation is 1. The van der Waals surface area contributed by atoms with Crippen molar-refractivity contribution in [3.63, 3.8) is 0 Å². The molecule has 0 aliphatic carbocycles. The highest BCUT2D eigenvalue weighted by Crippen LogP contribution is 2.25. The van der Waals surface area contributed by atoms with Gasteiger partial charge in [0.2, 0.25) is 5.91 Å². The van der Waals surface area contributed by atoms with Crippen LogP contribution in [0.4, 0.5) is 5.82 Å². The zero-order valence-corrected chi connectivity index (χ0v) is 19.2. The summed E-state index contributed by atoms with van der Waals surface area (Å²) in [4.78, 5) is 21.5. The van der Waals surface area contributed by atoms with Gasteiger partial charge in [0.25, 0.3) is 0 Å². The summed E-state index contributed by atoms with van der Waals surface area (Å²) in [6.07, 6.45) is 7.33. The number of anilines is 1. The topological polar surface area (TPSA) is 54.3 Å². The molecule has 1 aliphatic rings. The van der Waals surface area contributed by atoms with Crippen LogP contribution in [-0.2, 0) is 4.79 Å². The Kier molecular flexibility index (Phi) is 6.21. The van der Waals surface area contributed by atoms with E-state index >= 15 is 0 Å². The van der Waals surface area contributed by atoms with E-state index in [2.05, 4.69) is 41.1 Å². The molecule has 0 spiro atoms. The van der Waals surface area contributed by atoms with Crippen molar-refractivity contribution in [1.29, 1.82) is 0 Å². The van der Waals surface area contributed by atoms with Gasteiger partial charge >= 0.3 is 0 Å². The van der Waals surface area contributed by atoms with Gasteiger partial charge in [0.1, 0.15) is 5.82 Å². The fourth-order valence-electron chi connectivity index (χ4n) is 4.12. The molecule has 1 amide bonds. The van der Waals surface area contributed by atoms with Crippen molar-refractivity contribution in [3.8, 4) is 16.9 Å². The van der Waals surface area contributed by atoms with Gasteiger partial charge in [-0.2, -0.15) is 5.10 Å². The zero-order valence-electron chi connectivity index (χ0n) is 19.2. The van der Waals surface area contributed by atoms with Crippen LogP contribution >= 0.6 is 0 Å². The lowest BCUT2D eigenvalue weighted by Crippen LogP contribution is -2.48. The molecule has 0 atom stereocenters. The second-order valence-electron chi connectivity index (χ2n) is 8.41. The van der Waals surface area contributed by atoms with E-state index in [0.717, 1.165) is 41.4 Å². The Morgan fingerprint density at radius 3 is 2.32 bits per heavy atom. The highest BCUT2D eigenvalue weighted by atomic mass is 16.2. The number of pyridine rings is 1. The predicted octanol–water partition coefficient (Wildman–Crippen LogP) is 4.60. The first-order valence-corrected chi connectivity index (χ1v) is 11.5. The van der Waals surface area contributed by atoms with Gasteiger partial charge in [0.05, 0.1) is 11.4 Å². The summed E-state index contributed by atoms with van der Waals surface area (Å²) >= 11 is 0. The quantitative estimate of drug-likeness (QED) is 0.418. The summed E-state index contributed by atoms with van der Waals surface area (Å²) in [5.41, 5.74) is 4.97. The van der Waals surface area contributed by atoms with E-state index in [1.54, 1.807) is 12.3 Å². The summed E-state index contributed by atoms with van der Waals surface area (Å²) in [5, 5.41) is 4.84. The second-order valence-corrected chi connectivity index (χ2v) is 8.41. The molecule has 0 radical (unpaired) electrons. The number of benzene rings is 2. The van der Waals surface area contributed by atoms with Crippen molar-refractivity contribution in [2.75, 3.05) is 31.1 Å². The number of nitrogens with zero attached hydrogens (tertiary/aromatic N) is 5. The van der Waals surface area contributed by atoms with Gasteiger partial charge in [0.15, 0.2) is 0 Å². The van der Waals surface area contributed by atoms with E-state index in [0.29, 0.717) is 13.1 Å². The summed E-state index contributed by atoms with van der Waals surface area (Å²) in [5.74, 6) is 0.976. The third kappa shape index (κ3) is 4.76. The molecule has 4 aromatic rings. The number of para-hydroxylation sites is 1. The summed E-state index contributed by atoms with van der Waals surface area (Å²) in [6.45, 7) is 4.97. The molecule has 6 heteroatoms. The maximum absolute atomic E-state index is 13.0. The van der Waals surface area contributed by atoms with E-state index in [1.165, 1.54) is 5.56 Å². The molecule has 1 fully saturated rings. The summed E-state index contributed by atoms with van der Waals surface area (Å²) < 4.78 is 1.87. The van der Waals surface area contributed by atoms with Crippen LogP contribution in [0.5, 0.6) is 0 Å². The molecule has 6 nitrogen and oxygen atoms in total. The predicted molar refractivity (Wildman–Crippen MR) is 136 cm³/mol. The van der Waals surface area contributed by atoms with Gasteiger partial charge in [-0.3, -0.25) is 4.79 Å². The number of carbonyl (C=O) groups is 1. The molecular weight excluding hydrogens is 422 g/mol. The molecule has 0 bridgehead atoms. The van der Waals surface area contributed by atoms with Crippen molar-refractivity contribution < 1.29 is 4.79 Å². The summed E-state index contributed by atoms with van der Waals surface area (Å²) in [7, 11) is 0. The van der Waals surface area contributed by atoms with Gasteiger partial charge < -0.3 is 9.80 Å². The summed E-state index contributed by atoms with van der Waals surface area (Å²) in [6, 6.07) is 24.2. The van der Waals surface area contributed by atoms with Crippen LogP contribution in [0.15, 0.2) is 91.3 Å². The van der Waals surface area contributed by atoms with Crippen molar-refractivity contribution in [2.24, 2.45) is 0 Å². The van der Waals surface area contributed by atoms with Crippen LogP contribution in [0.1, 0.15) is 11.1 Å². The third-order valence-electron chi connectivity index (χ3n) is 6.06. The molecule has 5 rings (SSSR count). The van der Waals surface area contributed by atoms with Crippen molar-refractivity contribution in [1.82, 2.24) is 19.7 Å². The number of piperazine rings is 1. The SMILES string of the molecule is Cc1ccc(-c2nn(-c3ccccc3)cc2/C=C/C(=O)N2CCN(c3ccccn3)CC2)cc1. The maximum Gasteiger partial charge on any atom is 0.246 e. The van der Waals surface area contributed by atoms with E-state index < -0.39 is 0 Å². The Morgan fingerprint density at radius 2 is 1.62 bits per heavy atom. The molecule has 0 unspecified atom stereocenters. The lowest BCUT2D eigenvalue weighted by Gasteiger charge is -2.34. The number of rotatable bonds is 5. The maximum atomic E-state index is 13.0. The van der Waals surface area contributed by atoms with Crippen LogP contribution in [0.3, 0.4) is 0 Å². The van der Waals surface area contributed by atoms with Gasteiger partial charge in [-0.05, 0) is 37.3 Å². The number of hydrogen-bond donors (Lipinski definition) is 0. The normalized spacial score (nSPS) is 14.0. The van der Waals surface area contributed by atoms with Crippen LogP contribution in [0.25, 0.3) is 23.0 Å². The molecule has 1 aliphatic heterocycles. The molecule has 0 N–H and O–H groups in total. The first-order chi connectivity index (χ1) is 16.7. The van der Waals surface area contributed by atoms with Crippen LogP contribution in [-0.4, -0.2) is 51.8 Å². The monoisotopic (exact) mass is 449 g/mol. The molecule has 2 aromatic heterocycles. The first kappa shape index (κ1) is 21.6. The van der Waals surface area contributed by atoms with Crippen molar-refractivity contribution in [3.05, 3.63) is 102 Å². The molecule has 3 heterocycles. The Bertz CT molecular complexity index is 1270. The Labute approximate surface area is 199 Å². The lowest BCUT2D eigenvalue weighted by atomic mass is 10.1. The van der Waals surface area contributed by atoms with Crippen molar-refractivity contribution in [2.45, 2.75) is 6.92 Å². The van der Waals surface area contributed by atoms with E-state index in [1.807, 2.05) is 70.4 Å². The highest BCUT2D eigenvalue weighted by Gasteiger charge is 2.20. The molecular formula is C28H27N5O. The molecule has 1 saturated heterocycles. The van der Waals surface area contributed by atoms with Crippen LogP contribution in [0.2, 0.25) is 0 Å². The standard InChI is InChI=1S/C28H27N5O/c1-22-10-12-23(13-11-22)28-24(21-33(30-28)25-7-3-2-4-8-25)14-15-27(34)32-19-17-31(18-20-32)26-9-5-6-16-29-26/h2-16,21H,17-20H2,1H3/b15-14+. The number of aromatic nitrogens is 3. The highest BCUT2D eigenvalue weighted by molar-refractivity contribution is 5.93. The Morgan fingerprint density at radius 1 is 0.882 bits per heavy atom. The number of carbonyl (C=O) groups excluding carboxylic acids is 1. The fourth-order valence-corrected chi connectivity index (χ4v) is 4.12. The molecule has 34 heavy (non-hydrogen) atoms. The lowest BCUT2D eigenvalue weighted by molar-refractivity contribution is -0.126. The van der Waals surface area contributed by atoms with E-state index in [4.69, 9.17) is 5.10 Å². The Hall–Kier alpha value is -4.19. The second kappa shape index (κ2) is 9.75. The average Bonchev–Trinajstić information content (AvgIpc) is 3.33. The van der Waals surface area contributed by atoms with Crippen LogP contribution < -0.4 is 4.90 Å². The Balaban J connectivity index is 1.34. The van der Waals surface area contributed by atoms with Gasteiger partial charge in [-0.25, -0.2) is 9.67 Å². The largest absolute Gasteiger partial charge is 0.353 e. The molecule has 0 saturated carbocycles. The zero-order chi connectivity index (χ0) is 23.3. The van der Waals surface area contributed by atoms with Crippen LogP contribution in [0, 0.1) is 6.92 Å². The van der Waals surface area contributed by atoms with Gasteiger partial charge in [-0.1, -0.05) is 54.1 Å². The average molecular weight is 450 g/mol. The first-order valence-electron chi connectivity index (χ1n) is 11.5. The van der Waals surface area contributed by atoms with Crippen molar-refractivity contribution >= 4 is 17.8 Å². The fraction of sp³-hybridized carbons (Fsp3) is 0.179. The smallest absolute Gasteiger partial charge is 0.246 e. The molecule has 2 aromatic carbocycles. The minimum absolute atomic E-state index is 0.0167. The van der Waals surface area contributed by atoms with E-state index in [-0.39, 0.29) is 5.91 Å². The van der Waals surface area contributed by atoms with E-state index in [9.17, 15) is 4.79 Å². The number of amides is 1.